The summed E-state index contributed by atoms with van der Waals surface area (Å²) in [4.78, 5) is 50.0. The number of amides is 1. The van der Waals surface area contributed by atoms with Crippen LogP contribution in [0.25, 0.3) is 10.9 Å². The van der Waals surface area contributed by atoms with E-state index in [0.29, 0.717) is 11.3 Å². The molecular weight excluding hydrogens is 334 g/mol. The van der Waals surface area contributed by atoms with Gasteiger partial charge in [-0.15, -0.1) is 0 Å². The Hall–Kier alpha value is -2.55. The van der Waals surface area contributed by atoms with Crippen LogP contribution in [-0.4, -0.2) is 44.6 Å². The van der Waals surface area contributed by atoms with Gasteiger partial charge in [-0.1, -0.05) is 12.1 Å². The Labute approximate surface area is 140 Å². The first-order chi connectivity index (χ1) is 11.4. The van der Waals surface area contributed by atoms with Gasteiger partial charge in [0.2, 0.25) is 5.91 Å². The van der Waals surface area contributed by atoms with Crippen molar-refractivity contribution in [3.63, 3.8) is 0 Å². The number of nitrogens with zero attached hydrogens (tertiary/aromatic N) is 1. The van der Waals surface area contributed by atoms with Crippen LogP contribution in [0, 0.1) is 0 Å². The van der Waals surface area contributed by atoms with Gasteiger partial charge in [-0.2, -0.15) is 11.8 Å². The fourth-order valence-electron chi connectivity index (χ4n) is 2.22. The molecule has 0 saturated carbocycles. The lowest BCUT2D eigenvalue weighted by Gasteiger charge is -2.14. The van der Waals surface area contributed by atoms with Crippen molar-refractivity contribution >= 4 is 34.5 Å². The molecular formula is C15H17N3O5S. The van der Waals surface area contributed by atoms with Gasteiger partial charge in [-0.3, -0.25) is 14.2 Å². The number of para-hydroxylation sites is 1. The molecule has 8 nitrogen and oxygen atoms in total. The standard InChI is InChI=1S/C15H17N3O5S/c1-24-7-6-11(14(21)22)16-12(19)8-18-13(20)9-4-2-3-5-10(9)17-15(18)23/h2-5,11H,6-8H2,1H3,(H,16,19)(H,17,23)(H,21,22)/t11-/m1/s1. The second kappa shape index (κ2) is 7.82. The molecule has 0 fully saturated rings. The van der Waals surface area contributed by atoms with Crippen molar-refractivity contribution in [3.8, 4) is 0 Å². The van der Waals surface area contributed by atoms with E-state index in [1.54, 1.807) is 24.3 Å². The highest BCUT2D eigenvalue weighted by Crippen LogP contribution is 2.03. The molecule has 1 heterocycles. The minimum atomic E-state index is -1.16. The van der Waals surface area contributed by atoms with Crippen LogP contribution < -0.4 is 16.6 Å². The van der Waals surface area contributed by atoms with Crippen molar-refractivity contribution in [3.05, 3.63) is 45.1 Å². The number of nitrogens with one attached hydrogen (secondary N) is 2. The number of H-pyrrole nitrogens is 1. The summed E-state index contributed by atoms with van der Waals surface area (Å²) in [5, 5.41) is 11.7. The topological polar surface area (TPSA) is 121 Å². The molecule has 1 aromatic carbocycles. The molecule has 0 radical (unpaired) electrons. The number of hydrogen-bond donors (Lipinski definition) is 3. The van der Waals surface area contributed by atoms with Crippen molar-refractivity contribution in [2.75, 3.05) is 12.0 Å². The Morgan fingerprint density at radius 2 is 2.04 bits per heavy atom. The molecule has 0 aliphatic carbocycles. The lowest BCUT2D eigenvalue weighted by atomic mass is 10.2. The number of fused-ring (bicyclic) bond motifs is 1. The highest BCUT2D eigenvalue weighted by atomic mass is 32.2. The van der Waals surface area contributed by atoms with E-state index in [-0.39, 0.29) is 11.8 Å². The summed E-state index contributed by atoms with van der Waals surface area (Å²) in [7, 11) is 0. The van der Waals surface area contributed by atoms with E-state index >= 15 is 0 Å². The van der Waals surface area contributed by atoms with Gasteiger partial charge < -0.3 is 15.4 Å². The zero-order chi connectivity index (χ0) is 17.7. The minimum absolute atomic E-state index is 0.255. The highest BCUT2D eigenvalue weighted by Gasteiger charge is 2.20. The molecule has 0 bridgehead atoms. The Morgan fingerprint density at radius 3 is 2.71 bits per heavy atom. The fraction of sp³-hybridized carbons (Fsp3) is 0.333. The minimum Gasteiger partial charge on any atom is -0.480 e. The zero-order valence-electron chi connectivity index (χ0n) is 12.9. The van der Waals surface area contributed by atoms with E-state index in [0.717, 1.165) is 4.57 Å². The van der Waals surface area contributed by atoms with E-state index in [2.05, 4.69) is 10.3 Å². The maximum absolute atomic E-state index is 12.3. The molecule has 128 valence electrons. The summed E-state index contributed by atoms with van der Waals surface area (Å²) < 4.78 is 0.755. The molecule has 24 heavy (non-hydrogen) atoms. The Bertz CT molecular complexity index is 873. The summed E-state index contributed by atoms with van der Waals surface area (Å²) in [6, 6.07) is 5.40. The zero-order valence-corrected chi connectivity index (χ0v) is 13.8. The number of carbonyl (C=O) groups is 2. The number of hydrogen-bond acceptors (Lipinski definition) is 5. The maximum Gasteiger partial charge on any atom is 0.329 e. The van der Waals surface area contributed by atoms with Crippen LogP contribution in [0.2, 0.25) is 0 Å². The third-order valence-corrected chi connectivity index (χ3v) is 4.08. The fourth-order valence-corrected chi connectivity index (χ4v) is 2.69. The van der Waals surface area contributed by atoms with Gasteiger partial charge in [-0.05, 0) is 30.6 Å². The van der Waals surface area contributed by atoms with E-state index < -0.39 is 35.7 Å². The Balaban J connectivity index is 2.23. The van der Waals surface area contributed by atoms with Crippen LogP contribution >= 0.6 is 11.8 Å². The maximum atomic E-state index is 12.3. The SMILES string of the molecule is CSCC[C@@H](NC(=O)Cn1c(=O)[nH]c2ccccc2c1=O)C(=O)O. The van der Waals surface area contributed by atoms with Crippen molar-refractivity contribution in [1.29, 1.82) is 0 Å². The predicted octanol–water partition coefficient (Wildman–Crippen LogP) is 0.0123. The highest BCUT2D eigenvalue weighted by molar-refractivity contribution is 7.98. The quantitative estimate of drug-likeness (QED) is 0.646. The molecule has 1 aromatic heterocycles. The average Bonchev–Trinajstić information content (AvgIpc) is 2.55. The lowest BCUT2D eigenvalue weighted by Crippen LogP contribution is -2.46. The van der Waals surface area contributed by atoms with Crippen molar-refractivity contribution in [2.24, 2.45) is 0 Å². The number of aliphatic carboxylic acids is 1. The van der Waals surface area contributed by atoms with Crippen LogP contribution in [0.15, 0.2) is 33.9 Å². The summed E-state index contributed by atoms with van der Waals surface area (Å²) in [5.74, 6) is -1.29. The molecule has 0 aliphatic rings. The summed E-state index contributed by atoms with van der Waals surface area (Å²) >= 11 is 1.46. The van der Waals surface area contributed by atoms with Gasteiger partial charge in [0.15, 0.2) is 0 Å². The second-order valence-corrected chi connectivity index (χ2v) is 6.09. The van der Waals surface area contributed by atoms with Gasteiger partial charge >= 0.3 is 11.7 Å². The molecule has 0 aliphatic heterocycles. The van der Waals surface area contributed by atoms with Gasteiger partial charge in [0.05, 0.1) is 10.9 Å². The smallest absolute Gasteiger partial charge is 0.329 e. The van der Waals surface area contributed by atoms with Crippen LogP contribution in [0.1, 0.15) is 6.42 Å². The molecule has 1 atom stereocenters. The first kappa shape index (κ1) is 17.8. The molecule has 3 N–H and O–H groups in total. The Kier molecular flexibility index (Phi) is 5.80. The number of thioether (sulfide) groups is 1. The molecule has 9 heteroatoms. The molecule has 0 unspecified atom stereocenters. The normalized spacial score (nSPS) is 12.0. The van der Waals surface area contributed by atoms with Gasteiger partial charge in [0.25, 0.3) is 5.56 Å². The van der Waals surface area contributed by atoms with E-state index in [9.17, 15) is 19.2 Å². The monoisotopic (exact) mass is 351 g/mol. The largest absolute Gasteiger partial charge is 0.480 e. The number of carbonyl (C=O) groups excluding carboxylic acids is 1. The van der Waals surface area contributed by atoms with Gasteiger partial charge in [-0.25, -0.2) is 9.59 Å². The summed E-state index contributed by atoms with van der Waals surface area (Å²) in [5.41, 5.74) is -0.933. The molecule has 1 amide bonds. The number of benzene rings is 1. The van der Waals surface area contributed by atoms with Crippen LogP contribution in [0.3, 0.4) is 0 Å². The molecule has 2 rings (SSSR count). The number of carboxylic acid groups (broad SMARTS) is 1. The lowest BCUT2D eigenvalue weighted by molar-refractivity contribution is -0.142. The van der Waals surface area contributed by atoms with E-state index in [1.807, 2.05) is 6.26 Å². The number of aromatic amines is 1. The second-order valence-electron chi connectivity index (χ2n) is 5.11. The average molecular weight is 351 g/mol. The third kappa shape index (κ3) is 4.05. The molecule has 2 aromatic rings. The first-order valence-corrected chi connectivity index (χ1v) is 8.56. The van der Waals surface area contributed by atoms with Crippen LogP contribution in [0.5, 0.6) is 0 Å². The van der Waals surface area contributed by atoms with E-state index in [4.69, 9.17) is 5.11 Å². The number of carboxylic acids is 1. The van der Waals surface area contributed by atoms with Crippen molar-refractivity contribution < 1.29 is 14.7 Å². The van der Waals surface area contributed by atoms with Crippen LogP contribution in [0.4, 0.5) is 0 Å². The van der Waals surface area contributed by atoms with Gasteiger partial charge in [0.1, 0.15) is 12.6 Å². The first-order valence-electron chi connectivity index (χ1n) is 7.17. The number of rotatable bonds is 7. The van der Waals surface area contributed by atoms with Crippen LogP contribution in [-0.2, 0) is 16.1 Å². The molecule has 0 saturated heterocycles. The number of aromatic nitrogens is 2. The predicted molar refractivity (Wildman–Crippen MR) is 91.4 cm³/mol. The molecule has 0 spiro atoms. The Morgan fingerprint density at radius 1 is 1.33 bits per heavy atom. The van der Waals surface area contributed by atoms with Crippen molar-refractivity contribution in [1.82, 2.24) is 14.9 Å². The third-order valence-electron chi connectivity index (χ3n) is 3.44. The summed E-state index contributed by atoms with van der Waals surface area (Å²) in [6.07, 6.45) is 2.08. The van der Waals surface area contributed by atoms with E-state index in [1.165, 1.54) is 11.8 Å². The van der Waals surface area contributed by atoms with Crippen molar-refractivity contribution in [2.45, 2.75) is 19.0 Å². The summed E-state index contributed by atoms with van der Waals surface area (Å²) in [6.45, 7) is -0.540. The van der Waals surface area contributed by atoms with Gasteiger partial charge in [0, 0.05) is 0 Å².